The summed E-state index contributed by atoms with van der Waals surface area (Å²) in [5.41, 5.74) is 1.88. The lowest BCUT2D eigenvalue weighted by atomic mass is 10.1. The number of nitrogens with zero attached hydrogens (tertiary/aromatic N) is 3. The minimum absolute atomic E-state index is 0.0656. The van der Waals surface area contributed by atoms with Crippen molar-refractivity contribution >= 4 is 5.91 Å². The molecule has 0 saturated carbocycles. The van der Waals surface area contributed by atoms with Crippen LogP contribution in [0.1, 0.15) is 17.9 Å². The van der Waals surface area contributed by atoms with Crippen LogP contribution in [-0.4, -0.2) is 41.8 Å². The molecule has 1 aromatic carbocycles. The van der Waals surface area contributed by atoms with Crippen LogP contribution in [0.3, 0.4) is 0 Å². The molecular weight excluding hydrogens is 360 g/mol. The van der Waals surface area contributed by atoms with E-state index in [2.05, 4.69) is 20.4 Å². The lowest BCUT2D eigenvalue weighted by Gasteiger charge is -2.10. The third-order valence-corrected chi connectivity index (χ3v) is 4.16. The van der Waals surface area contributed by atoms with Crippen LogP contribution in [0.2, 0.25) is 0 Å². The fraction of sp³-hybridized carbons (Fsp3) is 0.300. The van der Waals surface area contributed by atoms with Crippen molar-refractivity contribution in [2.45, 2.75) is 19.3 Å². The van der Waals surface area contributed by atoms with E-state index < -0.39 is 0 Å². The summed E-state index contributed by atoms with van der Waals surface area (Å²) in [7, 11) is 3.20. The van der Waals surface area contributed by atoms with Crippen LogP contribution < -0.4 is 14.8 Å². The average Bonchev–Trinajstić information content (AvgIpc) is 3.22. The fourth-order valence-electron chi connectivity index (χ4n) is 2.67. The Morgan fingerprint density at radius 3 is 2.61 bits per heavy atom. The molecule has 0 aliphatic rings. The Hall–Kier alpha value is -3.42. The van der Waals surface area contributed by atoms with Gasteiger partial charge in [-0.25, -0.2) is 0 Å². The number of carbonyl (C=O) groups is 1. The van der Waals surface area contributed by atoms with E-state index in [0.717, 1.165) is 11.1 Å². The summed E-state index contributed by atoms with van der Waals surface area (Å²) >= 11 is 0. The first-order valence-electron chi connectivity index (χ1n) is 8.90. The summed E-state index contributed by atoms with van der Waals surface area (Å²) in [6.07, 6.45) is 4.69. The zero-order chi connectivity index (χ0) is 19.8. The maximum Gasteiger partial charge on any atom is 0.227 e. The van der Waals surface area contributed by atoms with Gasteiger partial charge in [0.05, 0.1) is 14.2 Å². The van der Waals surface area contributed by atoms with E-state index in [9.17, 15) is 4.79 Å². The number of pyridine rings is 1. The Kier molecular flexibility index (Phi) is 6.56. The number of hydrogen-bond acceptors (Lipinski definition) is 7. The van der Waals surface area contributed by atoms with Crippen LogP contribution in [0.4, 0.5) is 0 Å². The number of methoxy groups -OCH3 is 2. The lowest BCUT2D eigenvalue weighted by Crippen LogP contribution is -2.25. The van der Waals surface area contributed by atoms with Crippen LogP contribution in [-0.2, 0) is 17.6 Å². The first-order chi connectivity index (χ1) is 13.7. The van der Waals surface area contributed by atoms with Crippen molar-refractivity contribution in [2.75, 3.05) is 20.8 Å². The van der Waals surface area contributed by atoms with Gasteiger partial charge in [-0.05, 0) is 36.2 Å². The molecule has 8 heteroatoms. The van der Waals surface area contributed by atoms with E-state index in [0.29, 0.717) is 42.6 Å². The van der Waals surface area contributed by atoms with E-state index >= 15 is 0 Å². The van der Waals surface area contributed by atoms with Gasteiger partial charge in [0.2, 0.25) is 17.6 Å². The first kappa shape index (κ1) is 19.3. The molecule has 3 aromatic rings. The molecule has 0 bridgehead atoms. The van der Waals surface area contributed by atoms with Crippen LogP contribution in [0.15, 0.2) is 47.2 Å². The monoisotopic (exact) mass is 382 g/mol. The molecule has 0 saturated heterocycles. The summed E-state index contributed by atoms with van der Waals surface area (Å²) in [5.74, 6) is 2.21. The highest BCUT2D eigenvalue weighted by molar-refractivity contribution is 5.76. The SMILES string of the molecule is COc1ccc(CCNC(=O)CCc2nc(-c3ccncc3)no2)cc1OC. The van der Waals surface area contributed by atoms with Crippen molar-refractivity contribution in [3.8, 4) is 22.9 Å². The molecular formula is C20H22N4O4. The normalized spacial score (nSPS) is 10.5. The predicted octanol–water partition coefficient (Wildman–Crippen LogP) is 2.44. The van der Waals surface area contributed by atoms with Crippen molar-refractivity contribution in [1.82, 2.24) is 20.4 Å². The van der Waals surface area contributed by atoms with Crippen molar-refractivity contribution in [2.24, 2.45) is 0 Å². The smallest absolute Gasteiger partial charge is 0.227 e. The molecule has 0 atom stereocenters. The average molecular weight is 382 g/mol. The number of amides is 1. The summed E-state index contributed by atoms with van der Waals surface area (Å²) in [6.45, 7) is 0.528. The van der Waals surface area contributed by atoms with Crippen molar-refractivity contribution in [3.05, 3.63) is 54.2 Å². The summed E-state index contributed by atoms with van der Waals surface area (Å²) in [5, 5.41) is 6.83. The number of nitrogens with one attached hydrogen (secondary N) is 1. The second kappa shape index (κ2) is 9.50. The Morgan fingerprint density at radius 2 is 1.86 bits per heavy atom. The lowest BCUT2D eigenvalue weighted by molar-refractivity contribution is -0.121. The number of aryl methyl sites for hydroxylation is 1. The Morgan fingerprint density at radius 1 is 1.07 bits per heavy atom. The van der Waals surface area contributed by atoms with E-state index in [1.165, 1.54) is 0 Å². The van der Waals surface area contributed by atoms with Gasteiger partial charge in [-0.3, -0.25) is 9.78 Å². The molecule has 0 spiro atoms. The number of rotatable bonds is 9. The largest absolute Gasteiger partial charge is 0.493 e. The maximum absolute atomic E-state index is 12.1. The molecule has 146 valence electrons. The third kappa shape index (κ3) is 5.06. The van der Waals surface area contributed by atoms with Gasteiger partial charge in [-0.2, -0.15) is 4.98 Å². The maximum atomic E-state index is 12.1. The molecule has 0 aliphatic heterocycles. The second-order valence-electron chi connectivity index (χ2n) is 6.04. The summed E-state index contributed by atoms with van der Waals surface area (Å²) in [4.78, 5) is 20.3. The Labute approximate surface area is 162 Å². The molecule has 0 radical (unpaired) electrons. The molecule has 0 fully saturated rings. The number of ether oxygens (including phenoxy) is 2. The third-order valence-electron chi connectivity index (χ3n) is 4.16. The van der Waals surface area contributed by atoms with Gasteiger partial charge < -0.3 is 19.3 Å². The van der Waals surface area contributed by atoms with E-state index in [4.69, 9.17) is 14.0 Å². The van der Waals surface area contributed by atoms with Gasteiger partial charge in [0, 0.05) is 37.3 Å². The minimum atomic E-state index is -0.0656. The molecule has 3 rings (SSSR count). The number of carbonyl (C=O) groups excluding carboxylic acids is 1. The quantitative estimate of drug-likeness (QED) is 0.607. The predicted molar refractivity (Wildman–Crippen MR) is 102 cm³/mol. The Bertz CT molecular complexity index is 912. The van der Waals surface area contributed by atoms with Gasteiger partial charge in [0.1, 0.15) is 0 Å². The minimum Gasteiger partial charge on any atom is -0.493 e. The van der Waals surface area contributed by atoms with Gasteiger partial charge in [-0.1, -0.05) is 11.2 Å². The molecule has 0 unspecified atom stereocenters. The van der Waals surface area contributed by atoms with E-state index in [1.807, 2.05) is 18.2 Å². The molecule has 0 aliphatic carbocycles. The standard InChI is InChI=1S/C20H22N4O4/c1-26-16-4-3-14(13-17(16)27-2)7-12-22-18(25)5-6-19-23-20(24-28-19)15-8-10-21-11-9-15/h3-4,8-11,13H,5-7,12H2,1-2H3,(H,22,25). The second-order valence-corrected chi connectivity index (χ2v) is 6.04. The van der Waals surface area contributed by atoms with Crippen LogP contribution in [0.25, 0.3) is 11.4 Å². The Balaban J connectivity index is 1.43. The van der Waals surface area contributed by atoms with E-state index in [-0.39, 0.29) is 12.3 Å². The van der Waals surface area contributed by atoms with Gasteiger partial charge in [0.15, 0.2) is 11.5 Å². The highest BCUT2D eigenvalue weighted by Crippen LogP contribution is 2.27. The van der Waals surface area contributed by atoms with Crippen molar-refractivity contribution in [3.63, 3.8) is 0 Å². The highest BCUT2D eigenvalue weighted by Gasteiger charge is 2.11. The zero-order valence-electron chi connectivity index (χ0n) is 15.8. The van der Waals surface area contributed by atoms with Crippen molar-refractivity contribution < 1.29 is 18.8 Å². The summed E-state index contributed by atoms with van der Waals surface area (Å²) < 4.78 is 15.7. The number of aromatic nitrogens is 3. The molecule has 1 amide bonds. The molecule has 1 N–H and O–H groups in total. The van der Waals surface area contributed by atoms with E-state index in [1.54, 1.807) is 38.7 Å². The van der Waals surface area contributed by atoms with Crippen LogP contribution >= 0.6 is 0 Å². The zero-order valence-corrected chi connectivity index (χ0v) is 15.8. The highest BCUT2D eigenvalue weighted by atomic mass is 16.5. The number of hydrogen-bond donors (Lipinski definition) is 1. The summed E-state index contributed by atoms with van der Waals surface area (Å²) in [6, 6.07) is 9.31. The molecule has 2 heterocycles. The van der Waals surface area contributed by atoms with Gasteiger partial charge in [-0.15, -0.1) is 0 Å². The van der Waals surface area contributed by atoms with Gasteiger partial charge in [0.25, 0.3) is 0 Å². The molecule has 8 nitrogen and oxygen atoms in total. The fourth-order valence-corrected chi connectivity index (χ4v) is 2.67. The molecule has 2 aromatic heterocycles. The topological polar surface area (TPSA) is 99.4 Å². The van der Waals surface area contributed by atoms with Gasteiger partial charge >= 0.3 is 0 Å². The van der Waals surface area contributed by atoms with Crippen LogP contribution in [0, 0.1) is 0 Å². The molecule has 28 heavy (non-hydrogen) atoms. The van der Waals surface area contributed by atoms with Crippen LogP contribution in [0.5, 0.6) is 11.5 Å². The number of benzene rings is 1. The van der Waals surface area contributed by atoms with Crippen molar-refractivity contribution in [1.29, 1.82) is 0 Å². The first-order valence-corrected chi connectivity index (χ1v) is 8.90.